The quantitative estimate of drug-likeness (QED) is 0.559. The molecule has 0 radical (unpaired) electrons. The monoisotopic (exact) mass is 384 g/mol. The van der Waals surface area contributed by atoms with Gasteiger partial charge >= 0.3 is 0 Å². The Labute approximate surface area is 163 Å². The Hall–Kier alpha value is -2.97. The van der Waals surface area contributed by atoms with Gasteiger partial charge in [0.2, 0.25) is 5.91 Å². The summed E-state index contributed by atoms with van der Waals surface area (Å²) in [6, 6.07) is 14.5. The second-order valence-corrected chi connectivity index (χ2v) is 6.90. The molecule has 2 aromatic carbocycles. The van der Waals surface area contributed by atoms with Gasteiger partial charge in [-0.25, -0.2) is 0 Å². The number of nitro groups is 1. The fourth-order valence-electron chi connectivity index (χ4n) is 3.69. The molecule has 0 spiro atoms. The number of carbonyl (C=O) groups is 1. The standard InChI is InChI=1S/C20H24N4O4/c1-28-16-7-8-18(19(9-16)24(26)27)22-20(25)13-23-11-15(10-21)17(12-23)14-5-3-2-4-6-14/h2-9,15,17H,10-13,21H2,1H3,(H,22,25)/t15-,17+/m1/s1. The molecule has 0 aromatic heterocycles. The van der Waals surface area contributed by atoms with Gasteiger partial charge in [-0.3, -0.25) is 19.8 Å². The minimum Gasteiger partial charge on any atom is -0.496 e. The zero-order valence-corrected chi connectivity index (χ0v) is 15.7. The number of hydrogen-bond acceptors (Lipinski definition) is 6. The first-order valence-corrected chi connectivity index (χ1v) is 9.11. The maximum Gasteiger partial charge on any atom is 0.296 e. The van der Waals surface area contributed by atoms with Crippen LogP contribution in [0.4, 0.5) is 11.4 Å². The molecule has 28 heavy (non-hydrogen) atoms. The summed E-state index contributed by atoms with van der Waals surface area (Å²) < 4.78 is 5.01. The number of methoxy groups -OCH3 is 1. The SMILES string of the molecule is COc1ccc(NC(=O)CN2C[C@@H](CN)[C@H](c3ccccc3)C2)c([N+](=O)[O-])c1. The second kappa shape index (κ2) is 8.81. The molecule has 0 unspecified atom stereocenters. The van der Waals surface area contributed by atoms with Gasteiger partial charge in [-0.1, -0.05) is 30.3 Å². The molecule has 1 amide bonds. The highest BCUT2D eigenvalue weighted by molar-refractivity contribution is 5.94. The molecule has 2 atom stereocenters. The summed E-state index contributed by atoms with van der Waals surface area (Å²) >= 11 is 0. The zero-order valence-electron chi connectivity index (χ0n) is 15.7. The predicted molar refractivity (Wildman–Crippen MR) is 106 cm³/mol. The molecule has 0 bridgehead atoms. The Morgan fingerprint density at radius 3 is 2.68 bits per heavy atom. The summed E-state index contributed by atoms with van der Waals surface area (Å²) in [5.74, 6) is 0.610. The Kier molecular flexibility index (Phi) is 6.23. The van der Waals surface area contributed by atoms with Crippen molar-refractivity contribution in [1.82, 2.24) is 4.90 Å². The molecule has 1 aliphatic heterocycles. The van der Waals surface area contributed by atoms with Gasteiger partial charge in [0.15, 0.2) is 0 Å². The Morgan fingerprint density at radius 1 is 1.29 bits per heavy atom. The van der Waals surface area contributed by atoms with E-state index < -0.39 is 4.92 Å². The van der Waals surface area contributed by atoms with Crippen LogP contribution in [-0.4, -0.2) is 49.0 Å². The lowest BCUT2D eigenvalue weighted by molar-refractivity contribution is -0.384. The Morgan fingerprint density at radius 2 is 2.04 bits per heavy atom. The summed E-state index contributed by atoms with van der Waals surface area (Å²) in [5, 5.41) is 13.9. The lowest BCUT2D eigenvalue weighted by Gasteiger charge is -2.16. The van der Waals surface area contributed by atoms with E-state index in [0.29, 0.717) is 18.8 Å². The molecule has 2 aromatic rings. The van der Waals surface area contributed by atoms with E-state index in [1.54, 1.807) is 6.07 Å². The van der Waals surface area contributed by atoms with E-state index in [-0.39, 0.29) is 35.7 Å². The van der Waals surface area contributed by atoms with Crippen LogP contribution in [0.25, 0.3) is 0 Å². The summed E-state index contributed by atoms with van der Waals surface area (Å²) in [4.78, 5) is 25.3. The first-order chi connectivity index (χ1) is 13.5. The minimum atomic E-state index is -0.538. The van der Waals surface area contributed by atoms with Crippen molar-refractivity contribution in [2.75, 3.05) is 38.6 Å². The van der Waals surface area contributed by atoms with E-state index in [1.165, 1.54) is 24.8 Å². The van der Waals surface area contributed by atoms with Gasteiger partial charge in [-0.05, 0) is 30.2 Å². The van der Waals surface area contributed by atoms with E-state index >= 15 is 0 Å². The van der Waals surface area contributed by atoms with Crippen LogP contribution in [0.15, 0.2) is 48.5 Å². The number of nitrogens with one attached hydrogen (secondary N) is 1. The number of nitrogens with two attached hydrogens (primary N) is 1. The highest BCUT2D eigenvalue weighted by Gasteiger charge is 2.33. The molecule has 3 rings (SSSR count). The number of amides is 1. The van der Waals surface area contributed by atoms with Crippen LogP contribution in [0.1, 0.15) is 11.5 Å². The van der Waals surface area contributed by atoms with Crippen molar-refractivity contribution < 1.29 is 14.5 Å². The van der Waals surface area contributed by atoms with E-state index in [9.17, 15) is 14.9 Å². The molecule has 0 saturated carbocycles. The number of carbonyl (C=O) groups excluding carboxylic acids is 1. The summed E-state index contributed by atoms with van der Waals surface area (Å²) in [7, 11) is 1.43. The number of benzene rings is 2. The number of nitrogens with zero attached hydrogens (tertiary/aromatic N) is 2. The van der Waals surface area contributed by atoms with Crippen molar-refractivity contribution in [3.63, 3.8) is 0 Å². The molecule has 0 aliphatic carbocycles. The van der Waals surface area contributed by atoms with Crippen LogP contribution in [-0.2, 0) is 4.79 Å². The van der Waals surface area contributed by atoms with Crippen LogP contribution in [0, 0.1) is 16.0 Å². The lowest BCUT2D eigenvalue weighted by atomic mass is 9.89. The van der Waals surface area contributed by atoms with Crippen molar-refractivity contribution in [2.24, 2.45) is 11.7 Å². The first-order valence-electron chi connectivity index (χ1n) is 9.11. The first kappa shape index (κ1) is 19.8. The van der Waals surface area contributed by atoms with Gasteiger partial charge in [0, 0.05) is 19.0 Å². The number of rotatable bonds is 7. The average Bonchev–Trinajstić information content (AvgIpc) is 3.11. The molecular formula is C20H24N4O4. The van der Waals surface area contributed by atoms with Gasteiger partial charge in [-0.15, -0.1) is 0 Å². The van der Waals surface area contributed by atoms with Crippen molar-refractivity contribution >= 4 is 17.3 Å². The number of likely N-dealkylation sites (tertiary alicyclic amines) is 1. The Balaban J connectivity index is 1.66. The van der Waals surface area contributed by atoms with Crippen molar-refractivity contribution in [3.05, 3.63) is 64.2 Å². The molecule has 3 N–H and O–H groups in total. The molecule has 8 heteroatoms. The topological polar surface area (TPSA) is 111 Å². The number of ether oxygens (including phenoxy) is 1. The molecule has 1 saturated heterocycles. The second-order valence-electron chi connectivity index (χ2n) is 6.90. The molecule has 1 aliphatic rings. The fraction of sp³-hybridized carbons (Fsp3) is 0.350. The molecular weight excluding hydrogens is 360 g/mol. The normalized spacial score (nSPS) is 19.4. The smallest absolute Gasteiger partial charge is 0.296 e. The predicted octanol–water partition coefficient (Wildman–Crippen LogP) is 2.22. The number of nitro benzene ring substituents is 1. The zero-order chi connectivity index (χ0) is 20.1. The molecule has 1 fully saturated rings. The van der Waals surface area contributed by atoms with Crippen LogP contribution in [0.3, 0.4) is 0 Å². The van der Waals surface area contributed by atoms with E-state index in [2.05, 4.69) is 17.4 Å². The van der Waals surface area contributed by atoms with Gasteiger partial charge in [0.25, 0.3) is 5.69 Å². The van der Waals surface area contributed by atoms with Gasteiger partial charge in [-0.2, -0.15) is 0 Å². The van der Waals surface area contributed by atoms with Crippen LogP contribution < -0.4 is 15.8 Å². The number of anilines is 1. The summed E-state index contributed by atoms with van der Waals surface area (Å²) in [6.45, 7) is 2.14. The minimum absolute atomic E-state index is 0.156. The maximum atomic E-state index is 12.5. The van der Waals surface area contributed by atoms with Crippen LogP contribution in [0.2, 0.25) is 0 Å². The van der Waals surface area contributed by atoms with Crippen LogP contribution in [0.5, 0.6) is 5.75 Å². The largest absolute Gasteiger partial charge is 0.496 e. The maximum absolute atomic E-state index is 12.5. The van der Waals surface area contributed by atoms with Gasteiger partial charge < -0.3 is 15.8 Å². The molecule has 8 nitrogen and oxygen atoms in total. The summed E-state index contributed by atoms with van der Waals surface area (Å²) in [6.07, 6.45) is 0. The third-order valence-corrected chi connectivity index (χ3v) is 5.09. The lowest BCUT2D eigenvalue weighted by Crippen LogP contribution is -2.32. The van der Waals surface area contributed by atoms with Crippen molar-refractivity contribution in [2.45, 2.75) is 5.92 Å². The molecule has 148 valence electrons. The van der Waals surface area contributed by atoms with Crippen LogP contribution >= 0.6 is 0 Å². The van der Waals surface area contributed by atoms with E-state index in [1.807, 2.05) is 23.1 Å². The van der Waals surface area contributed by atoms with Crippen molar-refractivity contribution in [3.8, 4) is 5.75 Å². The van der Waals surface area contributed by atoms with Crippen molar-refractivity contribution in [1.29, 1.82) is 0 Å². The third kappa shape index (κ3) is 4.47. The Bertz CT molecular complexity index is 843. The highest BCUT2D eigenvalue weighted by atomic mass is 16.6. The third-order valence-electron chi connectivity index (χ3n) is 5.09. The summed E-state index contributed by atoms with van der Waals surface area (Å²) in [5.41, 5.74) is 7.12. The van der Waals surface area contributed by atoms with Gasteiger partial charge in [0.1, 0.15) is 11.4 Å². The highest BCUT2D eigenvalue weighted by Crippen LogP contribution is 2.32. The van der Waals surface area contributed by atoms with Gasteiger partial charge in [0.05, 0.1) is 24.6 Å². The van der Waals surface area contributed by atoms with E-state index in [0.717, 1.165) is 6.54 Å². The average molecular weight is 384 g/mol. The fourth-order valence-corrected chi connectivity index (χ4v) is 3.69. The van der Waals surface area contributed by atoms with E-state index in [4.69, 9.17) is 10.5 Å². The molecule has 1 heterocycles. The number of hydrogen-bond donors (Lipinski definition) is 2.